The molecule has 0 saturated carbocycles. The monoisotopic (exact) mass is 282 g/mol. The molecule has 1 radical (unpaired) electrons. The van der Waals surface area contributed by atoms with Gasteiger partial charge in [0.25, 0.3) is 0 Å². The van der Waals surface area contributed by atoms with Crippen molar-refractivity contribution >= 4 is 19.9 Å². The fraction of sp³-hybridized carbons (Fsp3) is 0.636. The molecule has 1 nitrogen and oxygen atoms in total. The van der Waals surface area contributed by atoms with Gasteiger partial charge in [-0.2, -0.15) is 6.08 Å². The molecule has 0 aromatic heterocycles. The summed E-state index contributed by atoms with van der Waals surface area (Å²) >= 11 is 4.84. The van der Waals surface area contributed by atoms with Crippen LogP contribution in [0.4, 0.5) is 0 Å². The van der Waals surface area contributed by atoms with Crippen LogP contribution in [-0.4, -0.2) is 14.2 Å². The van der Waals surface area contributed by atoms with E-state index in [0.29, 0.717) is 0 Å². The van der Waals surface area contributed by atoms with E-state index in [9.17, 15) is 0 Å². The Balaban J connectivity index is 0. The Hall–Kier alpha value is 0.531. The Labute approximate surface area is 112 Å². The van der Waals surface area contributed by atoms with E-state index in [0.717, 1.165) is 6.42 Å². The van der Waals surface area contributed by atoms with Crippen molar-refractivity contribution in [2.75, 3.05) is 0 Å². The molecular weight excluding hydrogens is 263 g/mol. The van der Waals surface area contributed by atoms with E-state index in [1.54, 1.807) is 0 Å². The van der Waals surface area contributed by atoms with Gasteiger partial charge >= 0.3 is 0 Å². The standard InChI is InChI=1S/C8H13Si.C3H7ClO.V/c1-9(2,3)8-6-4-5-7-8;1-3(2)5-4;/h4,6H,5H2,1-3H3;3H,1-2H3;/q-1;;. The van der Waals surface area contributed by atoms with Crippen molar-refractivity contribution < 1.29 is 22.8 Å². The van der Waals surface area contributed by atoms with Crippen LogP contribution in [0, 0.1) is 6.08 Å². The molecule has 4 heteroatoms. The van der Waals surface area contributed by atoms with Crippen LogP contribution < -0.4 is 0 Å². The maximum Gasteiger partial charge on any atom is 0.0734 e. The zero-order chi connectivity index (χ0) is 11.2. The zero-order valence-electron chi connectivity index (χ0n) is 10.2. The van der Waals surface area contributed by atoms with E-state index in [1.807, 2.05) is 13.8 Å². The summed E-state index contributed by atoms with van der Waals surface area (Å²) in [6.07, 6.45) is 8.97. The van der Waals surface area contributed by atoms with Crippen LogP contribution in [0.3, 0.4) is 0 Å². The Bertz CT molecular complexity index is 219. The van der Waals surface area contributed by atoms with Gasteiger partial charge in [-0.3, -0.25) is 10.4 Å². The summed E-state index contributed by atoms with van der Waals surface area (Å²) in [5, 5.41) is 1.49. The Morgan fingerprint density at radius 1 is 1.40 bits per heavy atom. The van der Waals surface area contributed by atoms with E-state index in [4.69, 9.17) is 11.9 Å². The summed E-state index contributed by atoms with van der Waals surface area (Å²) in [5.74, 6) is 0. The van der Waals surface area contributed by atoms with Crippen molar-refractivity contribution in [3.05, 3.63) is 23.4 Å². The van der Waals surface area contributed by atoms with E-state index >= 15 is 0 Å². The molecule has 0 aromatic rings. The molecule has 0 saturated heterocycles. The number of hydrogen-bond donors (Lipinski definition) is 0. The van der Waals surface area contributed by atoms with Gasteiger partial charge in [-0.25, -0.2) is 11.3 Å². The van der Waals surface area contributed by atoms with Crippen LogP contribution in [0.15, 0.2) is 17.3 Å². The Morgan fingerprint density at radius 3 is 2.00 bits per heavy atom. The number of allylic oxidation sites excluding steroid dienone is 4. The fourth-order valence-electron chi connectivity index (χ4n) is 0.920. The third-order valence-electron chi connectivity index (χ3n) is 1.68. The second-order valence-corrected chi connectivity index (χ2v) is 9.80. The predicted octanol–water partition coefficient (Wildman–Crippen LogP) is 4.12. The molecule has 0 bridgehead atoms. The number of rotatable bonds is 2. The third kappa shape index (κ3) is 9.46. The molecule has 0 aromatic carbocycles. The normalized spacial score (nSPS) is 14.2. The molecule has 1 aliphatic carbocycles. The first-order valence-electron chi connectivity index (χ1n) is 4.93. The summed E-state index contributed by atoms with van der Waals surface area (Å²) in [5.41, 5.74) is 0. The Kier molecular flexibility index (Phi) is 10.3. The predicted molar refractivity (Wildman–Crippen MR) is 65.9 cm³/mol. The van der Waals surface area contributed by atoms with Crippen LogP contribution in [0.5, 0.6) is 0 Å². The van der Waals surface area contributed by atoms with Gasteiger partial charge in [-0.1, -0.05) is 19.6 Å². The van der Waals surface area contributed by atoms with Gasteiger partial charge in [0.15, 0.2) is 0 Å². The summed E-state index contributed by atoms with van der Waals surface area (Å²) < 4.78 is 4.22. The summed E-state index contributed by atoms with van der Waals surface area (Å²) in [6, 6.07) is 0. The molecule has 0 N–H and O–H groups in total. The smallest absolute Gasteiger partial charge is 0.0734 e. The Morgan fingerprint density at radius 2 is 1.87 bits per heavy atom. The largest absolute Gasteiger partial charge is 0.276 e. The van der Waals surface area contributed by atoms with Gasteiger partial charge in [-0.05, 0) is 13.8 Å². The van der Waals surface area contributed by atoms with Gasteiger partial charge < -0.3 is 0 Å². The van der Waals surface area contributed by atoms with Gasteiger partial charge in [0, 0.05) is 26.6 Å². The van der Waals surface area contributed by atoms with Crippen molar-refractivity contribution in [3.8, 4) is 0 Å². The van der Waals surface area contributed by atoms with E-state index < -0.39 is 8.07 Å². The van der Waals surface area contributed by atoms with Gasteiger partial charge in [0.1, 0.15) is 0 Å². The van der Waals surface area contributed by atoms with Crippen molar-refractivity contribution in [2.24, 2.45) is 0 Å². The fourth-order valence-corrected chi connectivity index (χ4v) is 2.17. The molecule has 0 spiro atoms. The van der Waals surface area contributed by atoms with Crippen LogP contribution in [0.1, 0.15) is 20.3 Å². The molecule has 15 heavy (non-hydrogen) atoms. The van der Waals surface area contributed by atoms with Gasteiger partial charge in [0.2, 0.25) is 0 Å². The van der Waals surface area contributed by atoms with Crippen LogP contribution in [-0.2, 0) is 22.8 Å². The molecule has 1 aliphatic rings. The SMILES string of the molecule is CC(C)OCl.C[Si](C)(C)C1=[C-]CC=C1.[V]. The van der Waals surface area contributed by atoms with Crippen molar-refractivity contribution in [3.63, 3.8) is 0 Å². The van der Waals surface area contributed by atoms with Gasteiger partial charge in [-0.15, -0.1) is 6.42 Å². The molecule has 0 heterocycles. The first kappa shape index (κ1) is 17.9. The maximum absolute atomic E-state index is 4.84. The molecule has 0 fully saturated rings. The van der Waals surface area contributed by atoms with E-state index in [2.05, 4.69) is 42.2 Å². The zero-order valence-corrected chi connectivity index (χ0v) is 13.3. The minimum Gasteiger partial charge on any atom is -0.276 e. The minimum atomic E-state index is -1.01. The molecule has 0 amide bonds. The second kappa shape index (κ2) is 8.66. The van der Waals surface area contributed by atoms with Gasteiger partial charge in [0.05, 0.1) is 18.0 Å². The molecular formula is C11H20ClOSiV-. The summed E-state index contributed by atoms with van der Waals surface area (Å²) in [6.45, 7) is 10.8. The van der Waals surface area contributed by atoms with Crippen molar-refractivity contribution in [1.29, 1.82) is 0 Å². The van der Waals surface area contributed by atoms with E-state index in [-0.39, 0.29) is 24.7 Å². The third-order valence-corrected chi connectivity index (χ3v) is 4.00. The molecule has 87 valence electrons. The second-order valence-electron chi connectivity index (χ2n) is 4.58. The molecule has 0 aliphatic heterocycles. The maximum atomic E-state index is 4.84. The van der Waals surface area contributed by atoms with Crippen molar-refractivity contribution in [2.45, 2.75) is 46.0 Å². The first-order chi connectivity index (χ1) is 6.38. The molecule has 0 atom stereocenters. The van der Waals surface area contributed by atoms with Crippen LogP contribution >= 0.6 is 11.9 Å². The first-order valence-corrected chi connectivity index (χ1v) is 8.74. The van der Waals surface area contributed by atoms with Crippen LogP contribution in [0.2, 0.25) is 19.6 Å². The molecule has 1 rings (SSSR count). The quantitative estimate of drug-likeness (QED) is 0.547. The summed E-state index contributed by atoms with van der Waals surface area (Å²) in [7, 11) is -1.01. The average molecular weight is 283 g/mol. The summed E-state index contributed by atoms with van der Waals surface area (Å²) in [4.78, 5) is 0. The average Bonchev–Trinajstić information content (AvgIpc) is 2.56. The topological polar surface area (TPSA) is 9.23 Å². The van der Waals surface area contributed by atoms with E-state index in [1.165, 1.54) is 5.20 Å². The molecule has 0 unspecified atom stereocenters. The van der Waals surface area contributed by atoms with Crippen LogP contribution in [0.25, 0.3) is 0 Å². The number of halogens is 1. The number of hydrogen-bond acceptors (Lipinski definition) is 1. The van der Waals surface area contributed by atoms with Crippen molar-refractivity contribution in [1.82, 2.24) is 0 Å². The minimum absolute atomic E-state index is 0.